The summed E-state index contributed by atoms with van der Waals surface area (Å²) in [5.74, 6) is 0. The summed E-state index contributed by atoms with van der Waals surface area (Å²) in [4.78, 5) is 4.06. The van der Waals surface area contributed by atoms with Crippen LogP contribution in [0.1, 0.15) is 169 Å². The van der Waals surface area contributed by atoms with E-state index in [4.69, 9.17) is 0 Å². The molecule has 0 aliphatic carbocycles. The fourth-order valence-corrected chi connectivity index (χ4v) is 17.5. The highest BCUT2D eigenvalue weighted by atomic mass is 19.4. The van der Waals surface area contributed by atoms with Gasteiger partial charge in [-0.3, -0.25) is 0 Å². The molecule has 0 saturated carbocycles. The highest BCUT2D eigenvalue weighted by molar-refractivity contribution is 7.02. The van der Waals surface area contributed by atoms with E-state index in [0.717, 1.165) is 132 Å². The number of rotatable bonds is 4. The van der Waals surface area contributed by atoms with Crippen LogP contribution < -0.4 is 42.6 Å². The maximum atomic E-state index is 16.5. The van der Waals surface area contributed by atoms with Gasteiger partial charge in [-0.1, -0.05) is 245 Å². The van der Waals surface area contributed by atoms with Gasteiger partial charge in [0.1, 0.15) is 0 Å². The molecular formula is C90H84B2F6N2. The molecule has 0 aromatic heterocycles. The molecule has 4 aliphatic rings. The second kappa shape index (κ2) is 21.3. The van der Waals surface area contributed by atoms with Crippen molar-refractivity contribution in [3.05, 3.63) is 226 Å². The average Bonchev–Trinajstić information content (AvgIpc) is 0.662. The van der Waals surface area contributed by atoms with E-state index in [1.165, 1.54) is 35.4 Å². The van der Waals surface area contributed by atoms with Crippen molar-refractivity contribution in [1.29, 1.82) is 0 Å². The molecule has 502 valence electrons. The first-order chi connectivity index (χ1) is 46.7. The normalized spacial score (nSPS) is 14.5. The van der Waals surface area contributed by atoms with Gasteiger partial charge in [-0.25, -0.2) is 0 Å². The van der Waals surface area contributed by atoms with Gasteiger partial charge < -0.3 is 9.80 Å². The highest BCUT2D eigenvalue weighted by Crippen LogP contribution is 2.57. The van der Waals surface area contributed by atoms with Crippen LogP contribution in [0.4, 0.5) is 60.5 Å². The van der Waals surface area contributed by atoms with Gasteiger partial charge in [0.15, 0.2) is 0 Å². The summed E-state index contributed by atoms with van der Waals surface area (Å²) in [7, 11) is 0. The number of alkyl halides is 6. The second-order valence-electron chi connectivity index (χ2n) is 35.1. The molecule has 2 nitrogen and oxygen atoms in total. The van der Waals surface area contributed by atoms with Crippen molar-refractivity contribution in [3.8, 4) is 44.5 Å². The van der Waals surface area contributed by atoms with Crippen LogP contribution in [-0.2, 0) is 44.8 Å². The molecule has 0 bridgehead atoms. The summed E-state index contributed by atoms with van der Waals surface area (Å²) in [6.45, 7) is 39.6. The van der Waals surface area contributed by atoms with E-state index in [-0.39, 0.29) is 10.8 Å². The Morgan fingerprint density at radius 3 is 0.870 bits per heavy atom. The molecule has 0 radical (unpaired) electrons. The molecule has 0 atom stereocenters. The number of anilines is 6. The molecule has 0 spiro atoms. The van der Waals surface area contributed by atoms with Crippen LogP contribution in [0.2, 0.25) is 0 Å². The summed E-state index contributed by atoms with van der Waals surface area (Å²) in [6.07, 6.45) is -9.51. The van der Waals surface area contributed by atoms with Crippen LogP contribution in [0.3, 0.4) is 0 Å². The van der Waals surface area contributed by atoms with Crippen molar-refractivity contribution in [2.75, 3.05) is 9.80 Å². The molecule has 4 aliphatic heterocycles. The molecule has 0 fully saturated rings. The molecule has 100 heavy (non-hydrogen) atoms. The van der Waals surface area contributed by atoms with E-state index in [0.29, 0.717) is 33.6 Å². The van der Waals surface area contributed by atoms with E-state index in [9.17, 15) is 0 Å². The van der Waals surface area contributed by atoms with Gasteiger partial charge in [0, 0.05) is 34.1 Å². The number of hydrogen-bond acceptors (Lipinski definition) is 2. The lowest BCUT2D eigenvalue weighted by Crippen LogP contribution is -2.60. The number of para-hydroxylation sites is 4. The number of fused-ring (bicyclic) bond motifs is 8. The number of benzene rings is 12. The minimum absolute atomic E-state index is 0.270. The predicted molar refractivity (Wildman–Crippen MR) is 413 cm³/mol. The first-order valence-electron chi connectivity index (χ1n) is 35.4. The summed E-state index contributed by atoms with van der Waals surface area (Å²) in [5.41, 5.74) is 18.5. The summed E-state index contributed by atoms with van der Waals surface area (Å²) < 4.78 is 99.0. The van der Waals surface area contributed by atoms with Crippen molar-refractivity contribution in [2.45, 2.75) is 169 Å². The van der Waals surface area contributed by atoms with E-state index < -0.39 is 58.6 Å². The van der Waals surface area contributed by atoms with Gasteiger partial charge in [0.05, 0.1) is 11.1 Å². The van der Waals surface area contributed by atoms with Gasteiger partial charge >= 0.3 is 12.4 Å². The van der Waals surface area contributed by atoms with Crippen LogP contribution in [0, 0.1) is 0 Å². The van der Waals surface area contributed by atoms with Crippen molar-refractivity contribution < 1.29 is 26.3 Å². The third kappa shape index (κ3) is 9.81. The first-order valence-corrected chi connectivity index (χ1v) is 35.4. The van der Waals surface area contributed by atoms with Gasteiger partial charge in [0.2, 0.25) is 13.4 Å². The van der Waals surface area contributed by atoms with E-state index in [1.54, 1.807) is 0 Å². The zero-order chi connectivity index (χ0) is 71.2. The molecule has 0 amide bonds. The van der Waals surface area contributed by atoms with Crippen molar-refractivity contribution in [3.63, 3.8) is 0 Å². The standard InChI is InChI=1S/C90H84B2F6N2/c1-83(2,3)49-39-63(85(7,8)9)75(64(40-49)86(10,11)12)55-45-57-61-37-51(89(93,94)95)43-73-81(61)92(68-34-26-28-36-72(68)99(73)53-29-21-19-22-30-53)70-48-60-56(76-65(87(13,14)15)41-50(84(4,5)6)42-66(76)88(16,17)18)46-58-62-38-52(90(96,97)98)44-74-82(62)91(69-47-59(55)79(77(57)70)80(60)78(58)69)67-33-25-27-35-71(67)100(74)54-31-23-20-24-32-54/h19-48H,1-18H3. The topological polar surface area (TPSA) is 6.48 Å². The molecule has 16 rings (SSSR count). The minimum atomic E-state index is -4.75. The van der Waals surface area contributed by atoms with E-state index >= 15 is 26.3 Å². The van der Waals surface area contributed by atoms with Crippen molar-refractivity contribution in [2.24, 2.45) is 0 Å². The lowest BCUT2D eigenvalue weighted by molar-refractivity contribution is -0.138. The molecule has 0 unspecified atom stereocenters. The third-order valence-electron chi connectivity index (χ3n) is 22.2. The molecular weight excluding hydrogens is 1240 g/mol. The smallest absolute Gasteiger partial charge is 0.311 e. The molecule has 4 heterocycles. The zero-order valence-electron chi connectivity index (χ0n) is 60.6. The van der Waals surface area contributed by atoms with Crippen LogP contribution >= 0.6 is 0 Å². The fourth-order valence-electron chi connectivity index (χ4n) is 17.5. The van der Waals surface area contributed by atoms with E-state index in [1.807, 2.05) is 107 Å². The Hall–Kier alpha value is -9.01. The summed E-state index contributed by atoms with van der Waals surface area (Å²) in [5, 5.41) is 5.35. The Bertz CT molecular complexity index is 5050. The summed E-state index contributed by atoms with van der Waals surface area (Å²) in [6, 6.07) is 60.4. The third-order valence-corrected chi connectivity index (χ3v) is 22.2. The van der Waals surface area contributed by atoms with Gasteiger partial charge in [0.25, 0.3) is 0 Å². The SMILES string of the molecule is CC(C)(C)c1cc(C(C)(C)C)c(-c2cc3c4c(cc5c(-c6c(C(C)(C)C)cc(C(C)(C)C)cc6C(C)(C)C)cc6c7c(cc2c4c57)B2c4ccccc4N(c4ccccc4)c4cc(C(F)(F)F)cc-6c42)B2c4ccccc4N(c4ccccc4)c4cc(C(F)(F)F)cc-3c42)c(C(C)(C)C)c1. The van der Waals surface area contributed by atoms with Crippen molar-refractivity contribution >= 4 is 113 Å². The van der Waals surface area contributed by atoms with Crippen LogP contribution in [0.15, 0.2) is 182 Å². The molecule has 10 heteroatoms. The van der Waals surface area contributed by atoms with Gasteiger partial charge in [-0.05, 0) is 237 Å². The molecule has 0 N–H and O–H groups in total. The van der Waals surface area contributed by atoms with Crippen molar-refractivity contribution in [1.82, 2.24) is 0 Å². The Labute approximate surface area is 586 Å². The van der Waals surface area contributed by atoms with Crippen LogP contribution in [-0.4, -0.2) is 13.4 Å². The number of halogens is 6. The quantitative estimate of drug-likeness (QED) is 0.0984. The number of nitrogens with zero attached hydrogens (tertiary/aromatic N) is 2. The first kappa shape index (κ1) is 65.6. The molecule has 12 aromatic rings. The molecule has 0 saturated heterocycles. The fraction of sp³-hybridized carbons (Fsp3) is 0.289. The lowest BCUT2D eigenvalue weighted by atomic mass is 9.31. The van der Waals surface area contributed by atoms with Crippen LogP contribution in [0.25, 0.3) is 76.8 Å². The monoisotopic (exact) mass is 1330 g/mol. The van der Waals surface area contributed by atoms with Crippen LogP contribution in [0.5, 0.6) is 0 Å². The van der Waals surface area contributed by atoms with Gasteiger partial charge in [-0.2, -0.15) is 26.3 Å². The van der Waals surface area contributed by atoms with E-state index in [2.05, 4.69) is 185 Å². The average molecular weight is 1330 g/mol. The number of hydrogen-bond donors (Lipinski definition) is 0. The predicted octanol–water partition coefficient (Wildman–Crippen LogP) is 22.3. The Balaban J connectivity index is 1.23. The summed E-state index contributed by atoms with van der Waals surface area (Å²) >= 11 is 0. The zero-order valence-corrected chi connectivity index (χ0v) is 60.6. The Morgan fingerprint density at radius 1 is 0.260 bits per heavy atom. The van der Waals surface area contributed by atoms with Gasteiger partial charge in [-0.15, -0.1) is 0 Å². The second-order valence-corrected chi connectivity index (χ2v) is 35.1. The maximum absolute atomic E-state index is 16.5. The Morgan fingerprint density at radius 2 is 0.570 bits per heavy atom. The molecule has 12 aromatic carbocycles. The highest BCUT2D eigenvalue weighted by Gasteiger charge is 2.49. The minimum Gasteiger partial charge on any atom is -0.311 e. The Kier molecular flexibility index (Phi) is 14.0. The lowest BCUT2D eigenvalue weighted by Gasteiger charge is -2.43. The largest absolute Gasteiger partial charge is 0.416 e. The maximum Gasteiger partial charge on any atom is 0.416 e.